The van der Waals surface area contributed by atoms with Gasteiger partial charge in [0.2, 0.25) is 5.91 Å². The second-order valence-corrected chi connectivity index (χ2v) is 8.73. The maximum atomic E-state index is 13.4. The lowest BCUT2D eigenvalue weighted by Crippen LogP contribution is -2.47. The van der Waals surface area contributed by atoms with Crippen molar-refractivity contribution in [2.24, 2.45) is 0 Å². The van der Waals surface area contributed by atoms with E-state index in [-0.39, 0.29) is 11.9 Å². The molecule has 5 heteroatoms. The Bertz CT molecular complexity index is 989. The van der Waals surface area contributed by atoms with Crippen LogP contribution in [0.4, 0.5) is 0 Å². The summed E-state index contributed by atoms with van der Waals surface area (Å²) in [6, 6.07) is 24.8. The molecule has 1 aromatic heterocycles. The Labute approximate surface area is 191 Å². The maximum absolute atomic E-state index is 13.4. The Morgan fingerprint density at radius 3 is 2.44 bits per heavy atom. The highest BCUT2D eigenvalue weighted by molar-refractivity contribution is 5.82. The van der Waals surface area contributed by atoms with Crippen molar-refractivity contribution in [2.75, 3.05) is 27.2 Å². The number of amides is 1. The number of aromatic nitrogens is 1. The molecule has 1 N–H and O–H groups in total. The van der Waals surface area contributed by atoms with E-state index in [0.717, 1.165) is 36.3 Å². The number of pyridine rings is 1. The second-order valence-electron chi connectivity index (χ2n) is 8.73. The monoisotopic (exact) mass is 428 g/mol. The summed E-state index contributed by atoms with van der Waals surface area (Å²) >= 11 is 0. The van der Waals surface area contributed by atoms with Gasteiger partial charge in [-0.2, -0.15) is 0 Å². The molecule has 4 rings (SSSR count). The molecular weight excluding hydrogens is 396 g/mol. The van der Waals surface area contributed by atoms with Gasteiger partial charge in [0.15, 0.2) is 0 Å². The maximum Gasteiger partial charge on any atom is 0.240 e. The lowest BCUT2D eigenvalue weighted by Gasteiger charge is -2.26. The van der Waals surface area contributed by atoms with Crippen LogP contribution in [0.1, 0.15) is 17.5 Å². The normalized spacial score (nSPS) is 17.0. The van der Waals surface area contributed by atoms with Crippen LogP contribution in [0.2, 0.25) is 0 Å². The van der Waals surface area contributed by atoms with Gasteiger partial charge in [-0.25, -0.2) is 0 Å². The number of rotatable bonds is 8. The van der Waals surface area contributed by atoms with Crippen LogP contribution in [0.5, 0.6) is 0 Å². The first-order valence-electron chi connectivity index (χ1n) is 11.3. The minimum atomic E-state index is -0.242. The minimum Gasteiger partial charge on any atom is -0.340 e. The summed E-state index contributed by atoms with van der Waals surface area (Å²) in [5, 5.41) is 3.54. The molecule has 1 saturated heterocycles. The summed E-state index contributed by atoms with van der Waals surface area (Å²) in [4.78, 5) is 22.1. The number of benzene rings is 2. The Hall–Kier alpha value is -3.02. The fraction of sp³-hybridized carbons (Fsp3) is 0.333. The summed E-state index contributed by atoms with van der Waals surface area (Å²) in [7, 11) is 4.18. The molecule has 1 amide bonds. The van der Waals surface area contributed by atoms with E-state index >= 15 is 0 Å². The molecule has 166 valence electrons. The Kier molecular flexibility index (Phi) is 7.30. The molecule has 2 aromatic carbocycles. The van der Waals surface area contributed by atoms with E-state index in [9.17, 15) is 4.79 Å². The van der Waals surface area contributed by atoms with Gasteiger partial charge in [-0.05, 0) is 50.2 Å². The van der Waals surface area contributed by atoms with Gasteiger partial charge in [0, 0.05) is 37.4 Å². The third-order valence-corrected chi connectivity index (χ3v) is 6.25. The fourth-order valence-electron chi connectivity index (χ4n) is 4.25. The zero-order chi connectivity index (χ0) is 22.3. The predicted molar refractivity (Wildman–Crippen MR) is 129 cm³/mol. The molecule has 32 heavy (non-hydrogen) atoms. The van der Waals surface area contributed by atoms with Crippen molar-refractivity contribution in [1.82, 2.24) is 20.1 Å². The minimum absolute atomic E-state index is 0.198. The smallest absolute Gasteiger partial charge is 0.240 e. The predicted octanol–water partition coefficient (Wildman–Crippen LogP) is 3.61. The summed E-state index contributed by atoms with van der Waals surface area (Å²) in [5.41, 5.74) is 4.39. The van der Waals surface area contributed by atoms with E-state index in [1.807, 2.05) is 47.5 Å². The average molecular weight is 429 g/mol. The van der Waals surface area contributed by atoms with Crippen LogP contribution in [0, 0.1) is 0 Å². The highest BCUT2D eigenvalue weighted by atomic mass is 16.2. The highest BCUT2D eigenvalue weighted by Gasteiger charge is 2.31. The summed E-state index contributed by atoms with van der Waals surface area (Å²) in [6.45, 7) is 2.28. The molecule has 1 aliphatic heterocycles. The van der Waals surface area contributed by atoms with Gasteiger partial charge in [0.1, 0.15) is 0 Å². The number of nitrogens with one attached hydrogen (secondary N) is 1. The van der Waals surface area contributed by atoms with E-state index in [4.69, 9.17) is 0 Å². The number of likely N-dealkylation sites (N-methyl/N-ethyl adjacent to an activating group) is 1. The van der Waals surface area contributed by atoms with E-state index in [1.165, 1.54) is 5.56 Å². The Balaban J connectivity index is 1.43. The van der Waals surface area contributed by atoms with Gasteiger partial charge in [0.25, 0.3) is 0 Å². The second kappa shape index (κ2) is 10.5. The zero-order valence-electron chi connectivity index (χ0n) is 18.9. The average Bonchev–Trinajstić information content (AvgIpc) is 3.34. The number of nitrogens with zero attached hydrogens (tertiary/aromatic N) is 3. The van der Waals surface area contributed by atoms with Gasteiger partial charge in [-0.1, -0.05) is 60.7 Å². The van der Waals surface area contributed by atoms with Crippen LogP contribution < -0.4 is 5.32 Å². The lowest BCUT2D eigenvalue weighted by atomic mass is 10.0. The van der Waals surface area contributed by atoms with E-state index < -0.39 is 0 Å². The number of carbonyl (C=O) groups excluding carboxylic acids is 1. The molecule has 0 radical (unpaired) electrons. The standard InChI is InChI=1S/C27H32N4O/c1-30(2)24-15-17-31(20-24)27(32)26(18-21-8-4-3-5-9-21)29-19-22-11-13-23(14-12-22)25-10-6-7-16-28-25/h3-14,16,24,26,29H,15,17-20H2,1-2H3/t24?,26-/m1/s1. The van der Waals surface area contributed by atoms with Gasteiger partial charge in [-0.3, -0.25) is 9.78 Å². The van der Waals surface area contributed by atoms with Crippen molar-refractivity contribution in [1.29, 1.82) is 0 Å². The van der Waals surface area contributed by atoms with Crippen LogP contribution in [-0.4, -0.2) is 60.0 Å². The SMILES string of the molecule is CN(C)C1CCN(C(=O)[C@@H](Cc2ccccc2)NCc2ccc(-c3ccccn3)cc2)C1. The van der Waals surface area contributed by atoms with E-state index in [0.29, 0.717) is 19.0 Å². The van der Waals surface area contributed by atoms with Crippen LogP contribution in [0.25, 0.3) is 11.3 Å². The van der Waals surface area contributed by atoms with Crippen molar-refractivity contribution in [3.8, 4) is 11.3 Å². The number of likely N-dealkylation sites (tertiary alicyclic amines) is 1. The molecule has 0 bridgehead atoms. The molecule has 5 nitrogen and oxygen atoms in total. The number of carbonyl (C=O) groups is 1. The van der Waals surface area contributed by atoms with Crippen molar-refractivity contribution in [2.45, 2.75) is 31.5 Å². The van der Waals surface area contributed by atoms with Crippen molar-refractivity contribution < 1.29 is 4.79 Å². The number of hydrogen-bond acceptors (Lipinski definition) is 4. The van der Waals surface area contributed by atoms with E-state index in [1.54, 1.807) is 0 Å². The van der Waals surface area contributed by atoms with Crippen LogP contribution >= 0.6 is 0 Å². The summed E-state index contributed by atoms with van der Waals surface area (Å²) in [5.74, 6) is 0.198. The van der Waals surface area contributed by atoms with Crippen LogP contribution in [0.3, 0.4) is 0 Å². The molecule has 1 aliphatic rings. The Morgan fingerprint density at radius 1 is 1.03 bits per heavy atom. The van der Waals surface area contributed by atoms with Gasteiger partial charge >= 0.3 is 0 Å². The van der Waals surface area contributed by atoms with Gasteiger partial charge in [-0.15, -0.1) is 0 Å². The quantitative estimate of drug-likeness (QED) is 0.596. The largest absolute Gasteiger partial charge is 0.340 e. The Morgan fingerprint density at radius 2 is 1.78 bits per heavy atom. The van der Waals surface area contributed by atoms with Crippen molar-refractivity contribution >= 4 is 5.91 Å². The third kappa shape index (κ3) is 5.61. The summed E-state index contributed by atoms with van der Waals surface area (Å²) in [6.07, 6.45) is 3.53. The first kappa shape index (κ1) is 22.2. The first-order chi connectivity index (χ1) is 15.6. The molecule has 0 aliphatic carbocycles. The van der Waals surface area contributed by atoms with Gasteiger partial charge in [0.05, 0.1) is 11.7 Å². The molecular formula is C27H32N4O. The molecule has 1 fully saturated rings. The third-order valence-electron chi connectivity index (χ3n) is 6.25. The number of hydrogen-bond donors (Lipinski definition) is 1. The molecule has 0 spiro atoms. The molecule has 3 aromatic rings. The lowest BCUT2D eigenvalue weighted by molar-refractivity contribution is -0.132. The van der Waals surface area contributed by atoms with Crippen molar-refractivity contribution in [3.63, 3.8) is 0 Å². The van der Waals surface area contributed by atoms with Crippen molar-refractivity contribution in [3.05, 3.63) is 90.1 Å². The van der Waals surface area contributed by atoms with Crippen LogP contribution in [-0.2, 0) is 17.8 Å². The summed E-state index contributed by atoms with van der Waals surface area (Å²) < 4.78 is 0. The molecule has 1 unspecified atom stereocenters. The fourth-order valence-corrected chi connectivity index (χ4v) is 4.25. The topological polar surface area (TPSA) is 48.5 Å². The van der Waals surface area contributed by atoms with E-state index in [2.05, 4.69) is 65.7 Å². The molecule has 0 saturated carbocycles. The van der Waals surface area contributed by atoms with Gasteiger partial charge < -0.3 is 15.1 Å². The molecule has 2 heterocycles. The molecule has 2 atom stereocenters. The first-order valence-corrected chi connectivity index (χ1v) is 11.3. The zero-order valence-corrected chi connectivity index (χ0v) is 18.9. The highest BCUT2D eigenvalue weighted by Crippen LogP contribution is 2.18. The van der Waals surface area contributed by atoms with Crippen LogP contribution in [0.15, 0.2) is 79.0 Å².